The molecule has 0 radical (unpaired) electrons. The molecule has 6 rings (SSSR count). The SMILES string of the molecule is C=C(c1ccc2c(c1)CCc1cc(C(=O)N(C)C)ccc1C2(C[C@H](C)NCC(=C)N1C(C#N)CCC12CC2)c1ncn[nH]1)N(C)C. The van der Waals surface area contributed by atoms with Crippen molar-refractivity contribution in [3.05, 3.63) is 101 Å². The predicted molar refractivity (Wildman–Crippen MR) is 181 cm³/mol. The van der Waals surface area contributed by atoms with Crippen LogP contribution in [-0.4, -0.2) is 88.1 Å². The van der Waals surface area contributed by atoms with Gasteiger partial charge in [-0.1, -0.05) is 31.4 Å². The van der Waals surface area contributed by atoms with E-state index in [4.69, 9.17) is 4.98 Å². The van der Waals surface area contributed by atoms with Gasteiger partial charge >= 0.3 is 0 Å². The molecule has 3 atom stereocenters. The van der Waals surface area contributed by atoms with Crippen molar-refractivity contribution in [2.45, 2.75) is 74.9 Å². The summed E-state index contributed by atoms with van der Waals surface area (Å²) in [5.41, 5.74) is 7.85. The van der Waals surface area contributed by atoms with Crippen LogP contribution in [0.5, 0.6) is 0 Å². The molecular weight excluding hydrogens is 572 g/mol. The second-order valence-electron chi connectivity index (χ2n) is 13.9. The third-order valence-electron chi connectivity index (χ3n) is 10.4. The number of nitrogens with zero attached hydrogens (tertiary/aromatic N) is 6. The maximum atomic E-state index is 13.1. The summed E-state index contributed by atoms with van der Waals surface area (Å²) in [5.74, 6) is 0.759. The zero-order valence-electron chi connectivity index (χ0n) is 27.9. The van der Waals surface area contributed by atoms with E-state index in [0.29, 0.717) is 18.5 Å². The molecule has 1 spiro atoms. The van der Waals surface area contributed by atoms with Crippen LogP contribution in [0.3, 0.4) is 0 Å². The molecule has 2 N–H and O–H groups in total. The van der Waals surface area contributed by atoms with E-state index in [1.54, 1.807) is 25.3 Å². The van der Waals surface area contributed by atoms with Crippen LogP contribution in [0.2, 0.25) is 0 Å². The van der Waals surface area contributed by atoms with E-state index in [1.807, 2.05) is 25.1 Å². The molecule has 46 heavy (non-hydrogen) atoms. The Balaban J connectivity index is 1.42. The molecule has 1 aliphatic heterocycles. The van der Waals surface area contributed by atoms with Crippen LogP contribution in [-0.2, 0) is 18.3 Å². The van der Waals surface area contributed by atoms with Crippen molar-refractivity contribution in [3.8, 4) is 6.07 Å². The van der Waals surface area contributed by atoms with Gasteiger partial charge in [0.2, 0.25) is 0 Å². The van der Waals surface area contributed by atoms with Gasteiger partial charge in [-0.3, -0.25) is 9.89 Å². The summed E-state index contributed by atoms with van der Waals surface area (Å²) in [6.07, 6.45) is 8.14. The van der Waals surface area contributed by atoms with Gasteiger partial charge in [-0.05, 0) is 97.9 Å². The number of hydrogen-bond donors (Lipinski definition) is 2. The number of nitriles is 1. The first-order valence-corrected chi connectivity index (χ1v) is 16.3. The van der Waals surface area contributed by atoms with Crippen LogP contribution in [0.15, 0.2) is 61.6 Å². The number of carbonyl (C=O) groups is 1. The number of hydrogen-bond acceptors (Lipinski definition) is 7. The molecular formula is C37H46N8O. The van der Waals surface area contributed by atoms with Gasteiger partial charge in [-0.25, -0.2) is 4.98 Å². The van der Waals surface area contributed by atoms with E-state index < -0.39 is 5.41 Å². The van der Waals surface area contributed by atoms with Crippen LogP contribution in [0, 0.1) is 11.3 Å². The highest BCUT2D eigenvalue weighted by Crippen LogP contribution is 2.53. The fourth-order valence-electron chi connectivity index (χ4n) is 7.87. The number of likely N-dealkylation sites (tertiary alicyclic amines) is 1. The van der Waals surface area contributed by atoms with Crippen molar-refractivity contribution in [3.63, 3.8) is 0 Å². The van der Waals surface area contributed by atoms with E-state index in [9.17, 15) is 10.1 Å². The van der Waals surface area contributed by atoms with Crippen LogP contribution < -0.4 is 5.32 Å². The Hall–Kier alpha value is -4.42. The van der Waals surface area contributed by atoms with Gasteiger partial charge in [0.25, 0.3) is 5.91 Å². The number of rotatable bonds is 10. The molecule has 2 fully saturated rings. The Morgan fingerprint density at radius 2 is 1.72 bits per heavy atom. The van der Waals surface area contributed by atoms with Crippen LogP contribution in [0.4, 0.5) is 0 Å². The number of fused-ring (bicyclic) bond motifs is 2. The molecule has 2 aliphatic carbocycles. The minimum absolute atomic E-state index is 0.0148. The largest absolute Gasteiger partial charge is 0.378 e. The van der Waals surface area contributed by atoms with E-state index in [-0.39, 0.29) is 23.5 Å². The number of carbonyl (C=O) groups excluding carboxylic acids is 1. The van der Waals surface area contributed by atoms with Crippen molar-refractivity contribution < 1.29 is 4.79 Å². The second kappa shape index (κ2) is 12.1. The summed E-state index contributed by atoms with van der Waals surface area (Å²) < 4.78 is 0. The third-order valence-corrected chi connectivity index (χ3v) is 10.4. The molecule has 1 saturated heterocycles. The molecule has 1 aromatic heterocycles. The van der Waals surface area contributed by atoms with Crippen molar-refractivity contribution in [2.24, 2.45) is 0 Å². The van der Waals surface area contributed by atoms with Crippen molar-refractivity contribution in [2.75, 3.05) is 34.7 Å². The molecule has 1 amide bonds. The van der Waals surface area contributed by atoms with Gasteiger partial charge in [0.05, 0.1) is 11.5 Å². The molecule has 2 heterocycles. The number of aryl methyl sites for hydroxylation is 2. The van der Waals surface area contributed by atoms with E-state index in [2.05, 4.69) is 76.9 Å². The molecule has 2 unspecified atom stereocenters. The highest BCUT2D eigenvalue weighted by Gasteiger charge is 2.55. The minimum Gasteiger partial charge on any atom is -0.378 e. The number of nitrogens with one attached hydrogen (secondary N) is 2. The van der Waals surface area contributed by atoms with Crippen LogP contribution >= 0.6 is 0 Å². The lowest BCUT2D eigenvalue weighted by Gasteiger charge is -2.38. The maximum absolute atomic E-state index is 13.1. The Kier molecular flexibility index (Phi) is 8.28. The number of aromatic amines is 1. The lowest BCUT2D eigenvalue weighted by Crippen LogP contribution is -2.43. The molecule has 9 heteroatoms. The molecule has 2 aromatic carbocycles. The highest BCUT2D eigenvalue weighted by molar-refractivity contribution is 5.94. The average molecular weight is 619 g/mol. The quantitative estimate of drug-likeness (QED) is 0.334. The van der Waals surface area contributed by atoms with Gasteiger partial charge in [-0.2, -0.15) is 10.4 Å². The lowest BCUT2D eigenvalue weighted by atomic mass is 9.67. The van der Waals surface area contributed by atoms with Crippen molar-refractivity contribution in [1.82, 2.24) is 35.2 Å². The minimum atomic E-state index is -0.663. The fraction of sp³-hybridized carbons (Fsp3) is 0.459. The average Bonchev–Trinajstić information content (AvgIpc) is 3.46. The maximum Gasteiger partial charge on any atom is 0.253 e. The highest BCUT2D eigenvalue weighted by atomic mass is 16.2. The summed E-state index contributed by atoms with van der Waals surface area (Å²) in [6.45, 7) is 11.6. The summed E-state index contributed by atoms with van der Waals surface area (Å²) in [5, 5.41) is 21.2. The predicted octanol–water partition coefficient (Wildman–Crippen LogP) is 4.87. The fourth-order valence-corrected chi connectivity index (χ4v) is 7.87. The normalized spacial score (nSPS) is 21.5. The Labute approximate surface area is 273 Å². The Morgan fingerprint density at radius 3 is 2.28 bits per heavy atom. The Morgan fingerprint density at radius 1 is 1.07 bits per heavy atom. The van der Waals surface area contributed by atoms with E-state index in [0.717, 1.165) is 72.4 Å². The molecule has 1 saturated carbocycles. The second-order valence-corrected chi connectivity index (χ2v) is 13.9. The molecule has 3 aromatic rings. The first-order valence-electron chi connectivity index (χ1n) is 16.3. The van der Waals surface area contributed by atoms with Crippen LogP contribution in [0.1, 0.15) is 83.0 Å². The molecule has 3 aliphatic rings. The van der Waals surface area contributed by atoms with Crippen LogP contribution in [0.25, 0.3) is 5.70 Å². The van der Waals surface area contributed by atoms with E-state index >= 15 is 0 Å². The van der Waals surface area contributed by atoms with Gasteiger partial charge < -0.3 is 20.0 Å². The standard InChI is InChI=1S/C37H46N8O/c1-24(39-22-25(2)45-31(21-38)14-15-36(45)16-17-36)20-37(35-40-23-41-42-35)32-12-10-27(26(3)43(4)5)18-28(32)8-9-29-19-30(11-13-33(29)37)34(46)44(6)7/h10-13,18-19,23-24,31,39H,2-3,8-9,14-17,20,22H2,1,4-7H3,(H,40,41,42)/t24-,31?,37?/m0/s1. The van der Waals surface area contributed by atoms with Crippen molar-refractivity contribution in [1.29, 1.82) is 5.26 Å². The van der Waals surface area contributed by atoms with Gasteiger partial charge in [0, 0.05) is 63.3 Å². The smallest absolute Gasteiger partial charge is 0.253 e. The first-order chi connectivity index (χ1) is 22.0. The van der Waals surface area contributed by atoms with Gasteiger partial charge in [-0.15, -0.1) is 0 Å². The number of benzene rings is 2. The monoisotopic (exact) mass is 618 g/mol. The van der Waals surface area contributed by atoms with E-state index in [1.165, 1.54) is 11.1 Å². The summed E-state index contributed by atoms with van der Waals surface area (Å²) in [6, 6.07) is 15.3. The third kappa shape index (κ3) is 5.39. The topological polar surface area (TPSA) is 104 Å². The van der Waals surface area contributed by atoms with Gasteiger partial charge in [0.1, 0.15) is 18.2 Å². The Bertz CT molecular complexity index is 1620. The molecule has 0 bridgehead atoms. The zero-order valence-corrected chi connectivity index (χ0v) is 27.9. The van der Waals surface area contributed by atoms with Crippen molar-refractivity contribution >= 4 is 11.6 Å². The summed E-state index contributed by atoms with van der Waals surface area (Å²) in [4.78, 5) is 23.9. The number of aromatic nitrogens is 3. The molecule has 9 nitrogen and oxygen atoms in total. The summed E-state index contributed by atoms with van der Waals surface area (Å²) >= 11 is 0. The number of amides is 1. The lowest BCUT2D eigenvalue weighted by molar-refractivity contribution is 0.0827. The zero-order chi connectivity index (χ0) is 32.8. The molecule has 240 valence electrons. The number of H-pyrrole nitrogens is 1. The first kappa shape index (κ1) is 31.6. The summed E-state index contributed by atoms with van der Waals surface area (Å²) in [7, 11) is 7.60. The van der Waals surface area contributed by atoms with Gasteiger partial charge in [0.15, 0.2) is 0 Å².